The molecule has 1 aromatic heterocycles. The van der Waals surface area contributed by atoms with Crippen molar-refractivity contribution in [3.8, 4) is 0 Å². The second-order valence-corrected chi connectivity index (χ2v) is 5.02. The summed E-state index contributed by atoms with van der Waals surface area (Å²) in [5.41, 5.74) is 2.06. The summed E-state index contributed by atoms with van der Waals surface area (Å²) < 4.78 is 0. The molecule has 106 valence electrons. The third-order valence-electron chi connectivity index (χ3n) is 3.15. The lowest BCUT2D eigenvalue weighted by Crippen LogP contribution is -2.11. The van der Waals surface area contributed by atoms with Crippen molar-refractivity contribution in [1.82, 2.24) is 9.97 Å². The molecule has 0 radical (unpaired) electrons. The Labute approximate surface area is 124 Å². The molecule has 1 aromatic carbocycles. The van der Waals surface area contributed by atoms with Gasteiger partial charge in [-0.3, -0.25) is 0 Å². The quantitative estimate of drug-likeness (QED) is 0.872. The fraction of sp³-hybridized carbons (Fsp3) is 0.333. The van der Waals surface area contributed by atoms with Crippen LogP contribution in [0.2, 0.25) is 5.02 Å². The second kappa shape index (κ2) is 6.57. The Kier molecular flexibility index (Phi) is 4.79. The Morgan fingerprint density at radius 1 is 1.20 bits per heavy atom. The van der Waals surface area contributed by atoms with Crippen LogP contribution in [0, 0.1) is 6.92 Å². The third kappa shape index (κ3) is 3.20. The van der Waals surface area contributed by atoms with Gasteiger partial charge in [0.2, 0.25) is 0 Å². The van der Waals surface area contributed by atoms with E-state index < -0.39 is 0 Å². The van der Waals surface area contributed by atoms with Crippen molar-refractivity contribution >= 4 is 23.2 Å². The highest BCUT2D eigenvalue weighted by Gasteiger charge is 2.12. The Morgan fingerprint density at radius 3 is 2.60 bits per heavy atom. The van der Waals surface area contributed by atoms with Gasteiger partial charge in [-0.15, -0.1) is 0 Å². The Morgan fingerprint density at radius 2 is 1.90 bits per heavy atom. The number of anilines is 2. The molecule has 1 heterocycles. The lowest BCUT2D eigenvalue weighted by Gasteiger charge is -2.18. The maximum absolute atomic E-state index is 6.22. The SMILES string of the molecule is CCNc1ncnc(NC(C)c2ccccc2Cl)c1C. The fourth-order valence-corrected chi connectivity index (χ4v) is 2.35. The van der Waals surface area contributed by atoms with Gasteiger partial charge in [0.25, 0.3) is 0 Å². The Balaban J connectivity index is 2.22. The number of nitrogens with one attached hydrogen (secondary N) is 2. The fourth-order valence-electron chi connectivity index (χ4n) is 2.05. The average molecular weight is 291 g/mol. The summed E-state index contributed by atoms with van der Waals surface area (Å²) in [7, 11) is 0. The summed E-state index contributed by atoms with van der Waals surface area (Å²) in [4.78, 5) is 8.55. The highest BCUT2D eigenvalue weighted by molar-refractivity contribution is 6.31. The summed E-state index contributed by atoms with van der Waals surface area (Å²) in [6.07, 6.45) is 1.56. The minimum Gasteiger partial charge on any atom is -0.370 e. The van der Waals surface area contributed by atoms with Crippen molar-refractivity contribution < 1.29 is 0 Å². The van der Waals surface area contributed by atoms with Gasteiger partial charge in [-0.25, -0.2) is 9.97 Å². The van der Waals surface area contributed by atoms with Crippen molar-refractivity contribution in [2.24, 2.45) is 0 Å². The molecule has 20 heavy (non-hydrogen) atoms. The molecule has 1 unspecified atom stereocenters. The maximum Gasteiger partial charge on any atom is 0.134 e. The van der Waals surface area contributed by atoms with E-state index in [4.69, 9.17) is 11.6 Å². The van der Waals surface area contributed by atoms with E-state index in [9.17, 15) is 0 Å². The molecule has 4 nitrogen and oxygen atoms in total. The molecule has 0 aliphatic heterocycles. The number of aromatic nitrogens is 2. The monoisotopic (exact) mass is 290 g/mol. The number of nitrogens with zero attached hydrogens (tertiary/aromatic N) is 2. The van der Waals surface area contributed by atoms with Gasteiger partial charge in [0.15, 0.2) is 0 Å². The number of benzene rings is 1. The molecule has 0 saturated heterocycles. The van der Waals surface area contributed by atoms with Gasteiger partial charge in [-0.2, -0.15) is 0 Å². The van der Waals surface area contributed by atoms with Crippen LogP contribution in [0.1, 0.15) is 31.0 Å². The molecular weight excluding hydrogens is 272 g/mol. The van der Waals surface area contributed by atoms with Crippen molar-refractivity contribution in [1.29, 1.82) is 0 Å². The number of rotatable bonds is 5. The summed E-state index contributed by atoms with van der Waals surface area (Å²) in [6.45, 7) is 6.94. The van der Waals surface area contributed by atoms with Gasteiger partial charge < -0.3 is 10.6 Å². The van der Waals surface area contributed by atoms with Crippen LogP contribution in [0.25, 0.3) is 0 Å². The first kappa shape index (κ1) is 14.6. The smallest absolute Gasteiger partial charge is 0.134 e. The van der Waals surface area contributed by atoms with Gasteiger partial charge in [0, 0.05) is 17.1 Å². The van der Waals surface area contributed by atoms with Gasteiger partial charge in [0.1, 0.15) is 18.0 Å². The number of hydrogen-bond acceptors (Lipinski definition) is 4. The average Bonchev–Trinajstić information content (AvgIpc) is 2.44. The first-order valence-electron chi connectivity index (χ1n) is 6.70. The molecule has 0 fully saturated rings. The first-order chi connectivity index (χ1) is 9.63. The number of hydrogen-bond donors (Lipinski definition) is 2. The van der Waals surface area contributed by atoms with Crippen LogP contribution in [0.5, 0.6) is 0 Å². The largest absolute Gasteiger partial charge is 0.370 e. The molecule has 5 heteroatoms. The lowest BCUT2D eigenvalue weighted by atomic mass is 10.1. The third-order valence-corrected chi connectivity index (χ3v) is 3.50. The van der Waals surface area contributed by atoms with Crippen LogP contribution in [0.3, 0.4) is 0 Å². The minimum atomic E-state index is 0.0757. The van der Waals surface area contributed by atoms with E-state index in [1.165, 1.54) is 0 Å². The van der Waals surface area contributed by atoms with Gasteiger partial charge in [-0.05, 0) is 32.4 Å². The predicted molar refractivity (Wildman–Crippen MR) is 84.4 cm³/mol. The Bertz CT molecular complexity index is 586. The highest BCUT2D eigenvalue weighted by atomic mass is 35.5. The van der Waals surface area contributed by atoms with Crippen molar-refractivity contribution in [3.63, 3.8) is 0 Å². The summed E-state index contributed by atoms with van der Waals surface area (Å²) in [5, 5.41) is 7.37. The standard InChI is InChI=1S/C15H19ClN4/c1-4-17-14-10(2)15(19-9-18-14)20-11(3)12-7-5-6-8-13(12)16/h5-9,11H,4H2,1-3H3,(H2,17,18,19,20). The molecule has 0 bridgehead atoms. The van der Waals surface area contributed by atoms with E-state index in [1.807, 2.05) is 38.1 Å². The number of halogens is 1. The zero-order valence-electron chi connectivity index (χ0n) is 11.9. The Hall–Kier alpha value is -1.81. The second-order valence-electron chi connectivity index (χ2n) is 4.61. The zero-order chi connectivity index (χ0) is 14.5. The molecule has 2 aromatic rings. The molecule has 0 aliphatic rings. The highest BCUT2D eigenvalue weighted by Crippen LogP contribution is 2.27. The molecule has 0 saturated carbocycles. The predicted octanol–water partition coefficient (Wildman–Crippen LogP) is 4.04. The van der Waals surface area contributed by atoms with Crippen LogP contribution >= 0.6 is 11.6 Å². The molecule has 1 atom stereocenters. The van der Waals surface area contributed by atoms with Crippen LogP contribution < -0.4 is 10.6 Å². The van der Waals surface area contributed by atoms with E-state index >= 15 is 0 Å². The van der Waals surface area contributed by atoms with E-state index in [0.717, 1.165) is 34.3 Å². The topological polar surface area (TPSA) is 49.8 Å². The van der Waals surface area contributed by atoms with Crippen molar-refractivity contribution in [2.45, 2.75) is 26.8 Å². The van der Waals surface area contributed by atoms with E-state index in [-0.39, 0.29) is 6.04 Å². The van der Waals surface area contributed by atoms with E-state index in [2.05, 4.69) is 27.5 Å². The summed E-state index contributed by atoms with van der Waals surface area (Å²) in [6, 6.07) is 7.90. The van der Waals surface area contributed by atoms with Crippen LogP contribution in [-0.2, 0) is 0 Å². The van der Waals surface area contributed by atoms with Gasteiger partial charge in [0.05, 0.1) is 6.04 Å². The maximum atomic E-state index is 6.22. The molecule has 2 N–H and O–H groups in total. The first-order valence-corrected chi connectivity index (χ1v) is 7.07. The molecule has 0 aliphatic carbocycles. The van der Waals surface area contributed by atoms with Crippen LogP contribution in [-0.4, -0.2) is 16.5 Å². The molecular formula is C15H19ClN4. The van der Waals surface area contributed by atoms with Crippen LogP contribution in [0.15, 0.2) is 30.6 Å². The molecule has 0 spiro atoms. The minimum absolute atomic E-state index is 0.0757. The van der Waals surface area contributed by atoms with E-state index in [1.54, 1.807) is 6.33 Å². The van der Waals surface area contributed by atoms with Gasteiger partial charge >= 0.3 is 0 Å². The normalized spacial score (nSPS) is 12.0. The summed E-state index contributed by atoms with van der Waals surface area (Å²) in [5.74, 6) is 1.68. The molecule has 0 amide bonds. The summed E-state index contributed by atoms with van der Waals surface area (Å²) >= 11 is 6.22. The lowest BCUT2D eigenvalue weighted by molar-refractivity contribution is 0.868. The van der Waals surface area contributed by atoms with Crippen molar-refractivity contribution in [2.75, 3.05) is 17.2 Å². The molecule has 2 rings (SSSR count). The van der Waals surface area contributed by atoms with Crippen LogP contribution in [0.4, 0.5) is 11.6 Å². The van der Waals surface area contributed by atoms with E-state index in [0.29, 0.717) is 0 Å². The van der Waals surface area contributed by atoms with Crippen molar-refractivity contribution in [3.05, 3.63) is 46.7 Å². The van der Waals surface area contributed by atoms with Gasteiger partial charge in [-0.1, -0.05) is 29.8 Å². The zero-order valence-corrected chi connectivity index (χ0v) is 12.7.